The smallest absolute Gasteiger partial charge is 0.253 e. The fourth-order valence-corrected chi connectivity index (χ4v) is 3.71. The van der Waals surface area contributed by atoms with Crippen molar-refractivity contribution in [2.75, 3.05) is 37.6 Å². The van der Waals surface area contributed by atoms with Gasteiger partial charge in [0.25, 0.3) is 5.91 Å². The van der Waals surface area contributed by atoms with Gasteiger partial charge in [0, 0.05) is 56.5 Å². The van der Waals surface area contributed by atoms with E-state index in [1.54, 1.807) is 4.90 Å². The summed E-state index contributed by atoms with van der Waals surface area (Å²) in [6, 6.07) is 9.35. The molecule has 1 aromatic carbocycles. The lowest BCUT2D eigenvalue weighted by atomic mass is 10.1. The minimum absolute atomic E-state index is 0.0458. The molecule has 142 valence electrons. The Balaban J connectivity index is 1.33. The predicted molar refractivity (Wildman–Crippen MR) is 100 cm³/mol. The van der Waals surface area contributed by atoms with E-state index in [-0.39, 0.29) is 11.8 Å². The quantitative estimate of drug-likeness (QED) is 0.826. The Bertz CT molecular complexity index is 822. The number of hydrogen-bond donors (Lipinski definition) is 0. The lowest BCUT2D eigenvalue weighted by Gasteiger charge is -2.34. The molecule has 2 amide bonds. The van der Waals surface area contributed by atoms with Crippen LogP contribution in [-0.4, -0.2) is 59.5 Å². The van der Waals surface area contributed by atoms with Crippen LogP contribution < -0.4 is 4.90 Å². The first-order valence-corrected chi connectivity index (χ1v) is 9.44. The molecule has 0 saturated carbocycles. The van der Waals surface area contributed by atoms with Gasteiger partial charge in [-0.05, 0) is 37.6 Å². The minimum atomic E-state index is 0.0458. The number of carbonyl (C=O) groups is 2. The molecule has 7 nitrogen and oxygen atoms in total. The molecule has 0 aliphatic carbocycles. The van der Waals surface area contributed by atoms with Gasteiger partial charge in [0.15, 0.2) is 5.76 Å². The fraction of sp³-hybridized carbons (Fsp3) is 0.450. The van der Waals surface area contributed by atoms with Gasteiger partial charge < -0.3 is 14.3 Å². The number of piperazine rings is 1. The molecule has 7 heteroatoms. The third-order valence-electron chi connectivity index (χ3n) is 5.22. The average Bonchev–Trinajstić information content (AvgIpc) is 3.30. The van der Waals surface area contributed by atoms with E-state index >= 15 is 0 Å². The van der Waals surface area contributed by atoms with Gasteiger partial charge in [-0.1, -0.05) is 5.16 Å². The minimum Gasteiger partial charge on any atom is -0.360 e. The summed E-state index contributed by atoms with van der Waals surface area (Å²) in [4.78, 5) is 30.5. The first kappa shape index (κ1) is 17.7. The number of nitrogens with zero attached hydrogens (tertiary/aromatic N) is 4. The molecule has 2 aromatic rings. The Labute approximate surface area is 158 Å². The topological polar surface area (TPSA) is 69.9 Å². The first-order valence-electron chi connectivity index (χ1n) is 9.44. The SMILES string of the molecule is Cc1cc(CN2CCN(C(=O)c3ccc(N4CCCC4=O)cc3)CC2)on1. The van der Waals surface area contributed by atoms with E-state index < -0.39 is 0 Å². The van der Waals surface area contributed by atoms with Crippen molar-refractivity contribution in [2.24, 2.45) is 0 Å². The molecule has 1 aromatic heterocycles. The van der Waals surface area contributed by atoms with Gasteiger partial charge in [-0.25, -0.2) is 0 Å². The number of amides is 2. The highest BCUT2D eigenvalue weighted by Crippen LogP contribution is 2.22. The molecular weight excluding hydrogens is 344 g/mol. The van der Waals surface area contributed by atoms with E-state index in [9.17, 15) is 9.59 Å². The Morgan fingerprint density at radius 3 is 2.44 bits per heavy atom. The van der Waals surface area contributed by atoms with Crippen molar-refractivity contribution < 1.29 is 14.1 Å². The van der Waals surface area contributed by atoms with Gasteiger partial charge in [0.1, 0.15) is 0 Å². The molecular formula is C20H24N4O3. The summed E-state index contributed by atoms with van der Waals surface area (Å²) < 4.78 is 5.27. The molecule has 0 N–H and O–H groups in total. The Morgan fingerprint density at radius 1 is 1.11 bits per heavy atom. The number of carbonyl (C=O) groups excluding carboxylic acids is 2. The average molecular weight is 368 g/mol. The highest BCUT2D eigenvalue weighted by molar-refractivity contribution is 5.97. The van der Waals surface area contributed by atoms with Gasteiger partial charge in [-0.2, -0.15) is 0 Å². The van der Waals surface area contributed by atoms with Crippen molar-refractivity contribution >= 4 is 17.5 Å². The maximum atomic E-state index is 12.8. The van der Waals surface area contributed by atoms with Crippen molar-refractivity contribution in [1.82, 2.24) is 15.0 Å². The Hall–Kier alpha value is -2.67. The van der Waals surface area contributed by atoms with Crippen LogP contribution in [0, 0.1) is 6.92 Å². The second kappa shape index (κ2) is 7.52. The van der Waals surface area contributed by atoms with E-state index in [1.165, 1.54) is 0 Å². The molecule has 2 aliphatic rings. The fourth-order valence-electron chi connectivity index (χ4n) is 3.71. The first-order chi connectivity index (χ1) is 13.1. The van der Waals surface area contributed by atoms with Crippen molar-refractivity contribution in [3.8, 4) is 0 Å². The number of anilines is 1. The maximum Gasteiger partial charge on any atom is 0.253 e. The molecule has 0 radical (unpaired) electrons. The molecule has 4 rings (SSSR count). The second-order valence-corrected chi connectivity index (χ2v) is 7.20. The molecule has 27 heavy (non-hydrogen) atoms. The van der Waals surface area contributed by atoms with Crippen LogP contribution in [0.1, 0.15) is 34.7 Å². The Kier molecular flexibility index (Phi) is 4.94. The third kappa shape index (κ3) is 3.88. The zero-order valence-electron chi connectivity index (χ0n) is 15.6. The number of aryl methyl sites for hydroxylation is 1. The molecule has 2 aliphatic heterocycles. The molecule has 0 bridgehead atoms. The number of aromatic nitrogens is 1. The zero-order valence-corrected chi connectivity index (χ0v) is 15.6. The van der Waals surface area contributed by atoms with Crippen LogP contribution in [0.2, 0.25) is 0 Å². The molecule has 0 unspecified atom stereocenters. The van der Waals surface area contributed by atoms with Crippen LogP contribution in [0.5, 0.6) is 0 Å². The van der Waals surface area contributed by atoms with Crippen LogP contribution >= 0.6 is 0 Å². The van der Waals surface area contributed by atoms with E-state index in [0.29, 0.717) is 25.1 Å². The molecule has 2 fully saturated rings. The van der Waals surface area contributed by atoms with Crippen LogP contribution in [0.4, 0.5) is 5.69 Å². The number of benzene rings is 1. The van der Waals surface area contributed by atoms with Crippen LogP contribution in [-0.2, 0) is 11.3 Å². The Morgan fingerprint density at radius 2 is 1.85 bits per heavy atom. The highest BCUT2D eigenvalue weighted by Gasteiger charge is 2.24. The molecule has 2 saturated heterocycles. The van der Waals surface area contributed by atoms with Gasteiger partial charge in [0.05, 0.1) is 12.2 Å². The van der Waals surface area contributed by atoms with Crippen LogP contribution in [0.25, 0.3) is 0 Å². The molecule has 3 heterocycles. The summed E-state index contributed by atoms with van der Waals surface area (Å²) in [5, 5.41) is 3.91. The predicted octanol–water partition coefficient (Wildman–Crippen LogP) is 2.07. The summed E-state index contributed by atoms with van der Waals surface area (Å²) in [5.74, 6) is 1.07. The van der Waals surface area contributed by atoms with E-state index in [4.69, 9.17) is 4.52 Å². The van der Waals surface area contributed by atoms with Gasteiger partial charge in [-0.15, -0.1) is 0 Å². The summed E-state index contributed by atoms with van der Waals surface area (Å²) in [7, 11) is 0. The standard InChI is InChI=1S/C20H24N4O3/c1-15-13-18(27-21-15)14-22-9-11-23(12-10-22)20(26)16-4-6-17(7-5-16)24-8-2-3-19(24)25/h4-7,13H,2-3,8-12,14H2,1H3. The summed E-state index contributed by atoms with van der Waals surface area (Å²) in [6.45, 7) is 6.41. The largest absolute Gasteiger partial charge is 0.360 e. The van der Waals surface area contributed by atoms with E-state index in [1.807, 2.05) is 42.2 Å². The normalized spacial score (nSPS) is 18.3. The lowest BCUT2D eigenvalue weighted by Crippen LogP contribution is -2.48. The van der Waals surface area contributed by atoms with Crippen molar-refractivity contribution in [3.05, 3.63) is 47.3 Å². The van der Waals surface area contributed by atoms with Crippen LogP contribution in [0.15, 0.2) is 34.9 Å². The van der Waals surface area contributed by atoms with Gasteiger partial charge in [-0.3, -0.25) is 14.5 Å². The van der Waals surface area contributed by atoms with Crippen molar-refractivity contribution in [3.63, 3.8) is 0 Å². The summed E-state index contributed by atoms with van der Waals surface area (Å²) >= 11 is 0. The summed E-state index contributed by atoms with van der Waals surface area (Å²) in [5.41, 5.74) is 2.43. The van der Waals surface area contributed by atoms with Crippen LogP contribution in [0.3, 0.4) is 0 Å². The maximum absolute atomic E-state index is 12.8. The molecule has 0 spiro atoms. The number of rotatable bonds is 4. The lowest BCUT2D eigenvalue weighted by molar-refractivity contribution is -0.117. The van der Waals surface area contributed by atoms with E-state index in [2.05, 4.69) is 10.1 Å². The van der Waals surface area contributed by atoms with E-state index in [0.717, 1.165) is 49.7 Å². The van der Waals surface area contributed by atoms with Crippen molar-refractivity contribution in [2.45, 2.75) is 26.3 Å². The van der Waals surface area contributed by atoms with Gasteiger partial charge >= 0.3 is 0 Å². The van der Waals surface area contributed by atoms with Gasteiger partial charge in [0.2, 0.25) is 5.91 Å². The molecule has 0 atom stereocenters. The zero-order chi connectivity index (χ0) is 18.8. The number of hydrogen-bond acceptors (Lipinski definition) is 5. The monoisotopic (exact) mass is 368 g/mol. The third-order valence-corrected chi connectivity index (χ3v) is 5.22. The highest BCUT2D eigenvalue weighted by atomic mass is 16.5. The van der Waals surface area contributed by atoms with Crippen molar-refractivity contribution in [1.29, 1.82) is 0 Å². The summed E-state index contributed by atoms with van der Waals surface area (Å²) in [6.07, 6.45) is 1.51. The second-order valence-electron chi connectivity index (χ2n) is 7.20.